The molecular weight excluding hydrogens is 340 g/mol. The number of carbonyl (C=O) groups is 2. The molecule has 0 amide bonds. The molecule has 0 radical (unpaired) electrons. The molecule has 1 unspecified atom stereocenters. The summed E-state index contributed by atoms with van der Waals surface area (Å²) in [5, 5.41) is 8.98. The molecule has 0 aliphatic heterocycles. The number of allylic oxidation sites excluding steroid dienone is 4. The number of hydrogen-bond donors (Lipinski definition) is 1. The van der Waals surface area contributed by atoms with Crippen LogP contribution in [0.4, 0.5) is 0 Å². The van der Waals surface area contributed by atoms with Crippen molar-refractivity contribution in [3.05, 3.63) is 23.8 Å². The van der Waals surface area contributed by atoms with Gasteiger partial charge in [0.15, 0.2) is 9.02 Å². The van der Waals surface area contributed by atoms with Crippen LogP contribution in [-0.2, 0) is 9.59 Å². The summed E-state index contributed by atoms with van der Waals surface area (Å²) in [6.07, 6.45) is 5.78. The molecule has 1 aliphatic rings. The Morgan fingerprint density at radius 2 is 2.19 bits per heavy atom. The molecule has 1 N–H and O–H groups in total. The molecule has 0 heterocycles. The predicted molar refractivity (Wildman–Crippen MR) is 68.8 cm³/mol. The summed E-state index contributed by atoms with van der Waals surface area (Å²) < 4.78 is -0.933. The molecule has 0 aromatic heterocycles. The summed E-state index contributed by atoms with van der Waals surface area (Å²) in [5.74, 6) is -1.41. The van der Waals surface area contributed by atoms with Crippen LogP contribution >= 0.6 is 31.9 Å². The molecule has 0 aromatic carbocycles. The van der Waals surface area contributed by atoms with E-state index >= 15 is 0 Å². The van der Waals surface area contributed by atoms with E-state index in [1.807, 2.05) is 6.92 Å². The maximum Gasteiger partial charge on any atom is 0.306 e. The first kappa shape index (κ1) is 13.6. The number of alkyl halides is 2. The number of carboxylic acids is 1. The van der Waals surface area contributed by atoms with Crippen LogP contribution in [0.3, 0.4) is 0 Å². The zero-order valence-corrected chi connectivity index (χ0v) is 11.9. The first-order valence-corrected chi connectivity index (χ1v) is 6.51. The van der Waals surface area contributed by atoms with Gasteiger partial charge in [-0.15, -0.1) is 0 Å². The number of carbonyl (C=O) groups excluding carboxylic acids is 1. The van der Waals surface area contributed by atoms with E-state index in [-0.39, 0.29) is 5.78 Å². The van der Waals surface area contributed by atoms with Gasteiger partial charge in [0, 0.05) is 0 Å². The van der Waals surface area contributed by atoms with Gasteiger partial charge in [-0.1, -0.05) is 50.9 Å². The average Bonchev–Trinajstić information content (AvgIpc) is 2.20. The lowest BCUT2D eigenvalue weighted by atomic mass is 9.91. The third-order valence-electron chi connectivity index (χ3n) is 2.57. The zero-order chi connectivity index (χ0) is 12.3. The number of carboxylic acid groups (broad SMARTS) is 1. The molecule has 0 fully saturated rings. The Hall–Kier alpha value is -0.420. The fourth-order valence-corrected chi connectivity index (χ4v) is 2.34. The normalized spacial score (nSPS) is 20.4. The molecule has 5 heteroatoms. The minimum Gasteiger partial charge on any atom is -0.481 e. The van der Waals surface area contributed by atoms with Crippen molar-refractivity contribution in [2.45, 2.75) is 23.0 Å². The van der Waals surface area contributed by atoms with Crippen molar-refractivity contribution in [1.29, 1.82) is 0 Å². The summed E-state index contributed by atoms with van der Waals surface area (Å²) in [6, 6.07) is 0. The standard InChI is InChI=1S/C11H12Br2O3/c1-2-7(10(15)16)6-8-4-3-5-9(14)11(8,12)13/h3-5,7H,2,6H2,1H3,(H,15,16). The molecule has 0 bridgehead atoms. The molecule has 1 aliphatic carbocycles. The van der Waals surface area contributed by atoms with Crippen LogP contribution in [0.1, 0.15) is 19.8 Å². The van der Waals surface area contributed by atoms with Gasteiger partial charge in [-0.05, 0) is 24.5 Å². The van der Waals surface area contributed by atoms with Gasteiger partial charge in [0.25, 0.3) is 0 Å². The number of rotatable bonds is 4. The fraction of sp³-hybridized carbons (Fsp3) is 0.455. The number of halogens is 2. The van der Waals surface area contributed by atoms with Gasteiger partial charge in [-0.3, -0.25) is 9.59 Å². The fourth-order valence-electron chi connectivity index (χ4n) is 1.49. The van der Waals surface area contributed by atoms with E-state index in [1.54, 1.807) is 12.2 Å². The monoisotopic (exact) mass is 350 g/mol. The van der Waals surface area contributed by atoms with Crippen molar-refractivity contribution >= 4 is 43.6 Å². The lowest BCUT2D eigenvalue weighted by molar-refractivity contribution is -0.141. The van der Waals surface area contributed by atoms with E-state index in [0.29, 0.717) is 12.8 Å². The summed E-state index contributed by atoms with van der Waals surface area (Å²) in [5.41, 5.74) is 0.745. The second-order valence-electron chi connectivity index (χ2n) is 3.64. The van der Waals surface area contributed by atoms with Gasteiger partial charge in [0.1, 0.15) is 0 Å². The Balaban J connectivity index is 2.88. The van der Waals surface area contributed by atoms with Crippen molar-refractivity contribution in [3.8, 4) is 0 Å². The maximum atomic E-state index is 11.6. The van der Waals surface area contributed by atoms with Crippen LogP contribution in [0.25, 0.3) is 0 Å². The van der Waals surface area contributed by atoms with Crippen molar-refractivity contribution in [2.24, 2.45) is 5.92 Å². The van der Waals surface area contributed by atoms with Crippen LogP contribution in [-0.4, -0.2) is 20.1 Å². The lowest BCUT2D eigenvalue weighted by Crippen LogP contribution is -2.30. The summed E-state index contributed by atoms with van der Waals surface area (Å²) in [4.78, 5) is 22.5. The largest absolute Gasteiger partial charge is 0.481 e. The Morgan fingerprint density at radius 1 is 1.56 bits per heavy atom. The van der Waals surface area contributed by atoms with Crippen molar-refractivity contribution < 1.29 is 14.7 Å². The topological polar surface area (TPSA) is 54.4 Å². The second kappa shape index (κ2) is 5.27. The molecule has 1 rings (SSSR count). The first-order valence-electron chi connectivity index (χ1n) is 4.92. The molecule has 88 valence electrons. The number of ketones is 1. The highest BCUT2D eigenvalue weighted by Crippen LogP contribution is 2.41. The summed E-state index contributed by atoms with van der Waals surface area (Å²) in [7, 11) is 0. The van der Waals surface area contributed by atoms with Crippen LogP contribution in [0.15, 0.2) is 23.8 Å². The van der Waals surface area contributed by atoms with Crippen molar-refractivity contribution in [2.75, 3.05) is 0 Å². The first-order chi connectivity index (χ1) is 7.39. The molecule has 1 atom stereocenters. The summed E-state index contributed by atoms with van der Waals surface area (Å²) in [6.45, 7) is 1.82. The molecule has 0 aromatic rings. The quantitative estimate of drug-likeness (QED) is 0.792. The minimum absolute atomic E-state index is 0.120. The molecule has 0 saturated carbocycles. The van der Waals surface area contributed by atoms with Gasteiger partial charge >= 0.3 is 5.97 Å². The van der Waals surface area contributed by atoms with Gasteiger partial charge in [-0.25, -0.2) is 0 Å². The molecule has 3 nitrogen and oxygen atoms in total. The Labute approximate surface area is 111 Å². The number of aliphatic carboxylic acids is 1. The van der Waals surface area contributed by atoms with E-state index in [1.165, 1.54) is 6.08 Å². The van der Waals surface area contributed by atoms with Gasteiger partial charge in [0.2, 0.25) is 0 Å². The smallest absolute Gasteiger partial charge is 0.306 e. The van der Waals surface area contributed by atoms with Gasteiger partial charge in [0.05, 0.1) is 5.92 Å². The lowest BCUT2D eigenvalue weighted by Gasteiger charge is -2.25. The van der Waals surface area contributed by atoms with Crippen LogP contribution < -0.4 is 0 Å². The zero-order valence-electron chi connectivity index (χ0n) is 8.74. The van der Waals surface area contributed by atoms with Crippen LogP contribution in [0.5, 0.6) is 0 Å². The van der Waals surface area contributed by atoms with Crippen LogP contribution in [0, 0.1) is 5.92 Å². The Bertz CT molecular complexity index is 369. The molecule has 0 spiro atoms. The molecule has 16 heavy (non-hydrogen) atoms. The van der Waals surface area contributed by atoms with E-state index in [0.717, 1.165) is 5.57 Å². The Kier molecular flexibility index (Phi) is 4.50. The van der Waals surface area contributed by atoms with E-state index in [4.69, 9.17) is 5.11 Å². The maximum absolute atomic E-state index is 11.6. The SMILES string of the molecule is CCC(CC1=CC=CC(=O)C1(Br)Br)C(=O)O. The molecular formula is C11H12Br2O3. The molecule has 0 saturated heterocycles. The number of hydrogen-bond acceptors (Lipinski definition) is 2. The average molecular weight is 352 g/mol. The highest BCUT2D eigenvalue weighted by atomic mass is 79.9. The van der Waals surface area contributed by atoms with E-state index in [2.05, 4.69) is 31.9 Å². The third kappa shape index (κ3) is 2.83. The highest BCUT2D eigenvalue weighted by Gasteiger charge is 2.37. The van der Waals surface area contributed by atoms with Gasteiger partial charge < -0.3 is 5.11 Å². The van der Waals surface area contributed by atoms with E-state index in [9.17, 15) is 9.59 Å². The third-order valence-corrected chi connectivity index (χ3v) is 4.37. The predicted octanol–water partition coefficient (Wildman–Crippen LogP) is 3.04. The van der Waals surface area contributed by atoms with E-state index < -0.39 is 15.1 Å². The minimum atomic E-state index is -0.933. The highest BCUT2D eigenvalue weighted by molar-refractivity contribution is 9.26. The Morgan fingerprint density at radius 3 is 2.69 bits per heavy atom. The van der Waals surface area contributed by atoms with Crippen LogP contribution in [0.2, 0.25) is 0 Å². The van der Waals surface area contributed by atoms with Crippen molar-refractivity contribution in [3.63, 3.8) is 0 Å². The van der Waals surface area contributed by atoms with Crippen molar-refractivity contribution in [1.82, 2.24) is 0 Å². The summed E-state index contributed by atoms with van der Waals surface area (Å²) >= 11 is 6.57. The van der Waals surface area contributed by atoms with Gasteiger partial charge in [-0.2, -0.15) is 0 Å². The second-order valence-corrected chi connectivity index (χ2v) is 7.08.